The van der Waals surface area contributed by atoms with Gasteiger partial charge in [-0.15, -0.1) is 0 Å². The molecular formula is C17H23N3O. The van der Waals surface area contributed by atoms with Gasteiger partial charge in [0.05, 0.1) is 5.69 Å². The second-order valence-corrected chi connectivity index (χ2v) is 6.08. The number of nitrogen functional groups attached to an aromatic ring is 1. The van der Waals surface area contributed by atoms with Crippen LogP contribution in [0.4, 0.5) is 5.69 Å². The molecule has 0 spiro atoms. The number of aromatic nitrogens is 2. The predicted octanol–water partition coefficient (Wildman–Crippen LogP) is 3.58. The van der Waals surface area contributed by atoms with Crippen LogP contribution in [0.2, 0.25) is 0 Å². The van der Waals surface area contributed by atoms with Crippen molar-refractivity contribution in [2.24, 2.45) is 7.05 Å². The minimum absolute atomic E-state index is 0.0765. The lowest BCUT2D eigenvalue weighted by molar-refractivity contribution is 0.169. The molecule has 0 saturated carbocycles. The first-order valence-corrected chi connectivity index (χ1v) is 7.64. The Hall–Kier alpha value is -1.97. The molecule has 1 heterocycles. The number of aryl methyl sites for hydroxylation is 2. The summed E-state index contributed by atoms with van der Waals surface area (Å²) in [6.45, 7) is 4.19. The highest BCUT2D eigenvalue weighted by molar-refractivity contribution is 5.54. The van der Waals surface area contributed by atoms with E-state index >= 15 is 0 Å². The molecule has 1 aromatic carbocycles. The maximum atomic E-state index is 6.25. The monoisotopic (exact) mass is 285 g/mol. The van der Waals surface area contributed by atoms with Crippen molar-refractivity contribution >= 4 is 5.69 Å². The summed E-state index contributed by atoms with van der Waals surface area (Å²) in [5, 5.41) is 4.50. The summed E-state index contributed by atoms with van der Waals surface area (Å²) in [6, 6.07) is 8.52. The Bertz CT molecular complexity index is 645. The molecule has 0 aliphatic heterocycles. The summed E-state index contributed by atoms with van der Waals surface area (Å²) in [5.74, 6) is 0.993. The number of fused-ring (bicyclic) bond motifs is 1. The molecule has 0 radical (unpaired) electrons. The molecule has 4 nitrogen and oxygen atoms in total. The van der Waals surface area contributed by atoms with Crippen LogP contribution in [0.1, 0.15) is 55.5 Å². The number of nitrogens with two attached hydrogens (primary N) is 1. The lowest BCUT2D eigenvalue weighted by Gasteiger charge is -2.26. The molecule has 1 aromatic heterocycles. The van der Waals surface area contributed by atoms with E-state index in [0.717, 1.165) is 25.0 Å². The Balaban J connectivity index is 1.92. The Kier molecular flexibility index (Phi) is 3.62. The maximum Gasteiger partial charge on any atom is 0.236 e. The van der Waals surface area contributed by atoms with Crippen LogP contribution in [0.3, 0.4) is 0 Å². The summed E-state index contributed by atoms with van der Waals surface area (Å²) in [4.78, 5) is 0. The molecule has 0 bridgehead atoms. The van der Waals surface area contributed by atoms with E-state index in [-0.39, 0.29) is 6.10 Å². The molecular weight excluding hydrogens is 262 g/mol. The van der Waals surface area contributed by atoms with Crippen LogP contribution >= 0.6 is 0 Å². The van der Waals surface area contributed by atoms with Crippen LogP contribution in [0.15, 0.2) is 24.3 Å². The van der Waals surface area contributed by atoms with Crippen LogP contribution in [-0.4, -0.2) is 9.78 Å². The average Bonchev–Trinajstić information content (AvgIpc) is 2.76. The van der Waals surface area contributed by atoms with Crippen molar-refractivity contribution in [1.82, 2.24) is 9.78 Å². The number of nitrogens with zero attached hydrogens (tertiary/aromatic N) is 2. The fourth-order valence-electron chi connectivity index (χ4n) is 3.08. The molecule has 4 heteroatoms. The van der Waals surface area contributed by atoms with Gasteiger partial charge < -0.3 is 10.5 Å². The highest BCUT2D eigenvalue weighted by Gasteiger charge is 2.25. The number of rotatable bonds is 3. The summed E-state index contributed by atoms with van der Waals surface area (Å²) in [6.07, 6.45) is 3.39. The van der Waals surface area contributed by atoms with Crippen LogP contribution in [0.25, 0.3) is 0 Å². The molecule has 0 fully saturated rings. The summed E-state index contributed by atoms with van der Waals surface area (Å²) in [5.41, 5.74) is 10.5. The second kappa shape index (κ2) is 5.43. The van der Waals surface area contributed by atoms with Gasteiger partial charge in [0.25, 0.3) is 0 Å². The van der Waals surface area contributed by atoms with E-state index in [1.807, 2.05) is 7.05 Å². The van der Waals surface area contributed by atoms with Crippen LogP contribution in [0, 0.1) is 0 Å². The minimum Gasteiger partial charge on any atom is -0.468 e. The van der Waals surface area contributed by atoms with Gasteiger partial charge in [-0.3, -0.25) is 0 Å². The van der Waals surface area contributed by atoms with E-state index in [9.17, 15) is 0 Å². The topological polar surface area (TPSA) is 53.1 Å². The molecule has 2 aromatic rings. The fraction of sp³-hybridized carbons (Fsp3) is 0.471. The molecule has 1 aliphatic carbocycles. The third-order valence-electron chi connectivity index (χ3n) is 4.17. The Morgan fingerprint density at radius 3 is 2.81 bits per heavy atom. The van der Waals surface area contributed by atoms with Crippen molar-refractivity contribution in [3.63, 3.8) is 0 Å². The van der Waals surface area contributed by atoms with Gasteiger partial charge in [0.1, 0.15) is 11.8 Å². The van der Waals surface area contributed by atoms with Gasteiger partial charge in [-0.1, -0.05) is 38.1 Å². The molecule has 21 heavy (non-hydrogen) atoms. The lowest BCUT2D eigenvalue weighted by Crippen LogP contribution is -2.16. The number of anilines is 1. The zero-order valence-electron chi connectivity index (χ0n) is 13.0. The van der Waals surface area contributed by atoms with Crippen LogP contribution in [-0.2, 0) is 13.5 Å². The van der Waals surface area contributed by atoms with E-state index < -0.39 is 0 Å². The van der Waals surface area contributed by atoms with Gasteiger partial charge in [-0.25, -0.2) is 4.68 Å². The lowest BCUT2D eigenvalue weighted by atomic mass is 9.89. The maximum absolute atomic E-state index is 6.25. The molecule has 112 valence electrons. The van der Waals surface area contributed by atoms with Gasteiger partial charge >= 0.3 is 0 Å². The summed E-state index contributed by atoms with van der Waals surface area (Å²) >= 11 is 0. The van der Waals surface area contributed by atoms with E-state index in [0.29, 0.717) is 17.5 Å². The van der Waals surface area contributed by atoms with Crippen LogP contribution < -0.4 is 10.5 Å². The summed E-state index contributed by atoms with van der Waals surface area (Å²) in [7, 11) is 1.90. The smallest absolute Gasteiger partial charge is 0.236 e. The molecule has 3 rings (SSSR count). The number of benzene rings is 1. The Labute approximate surface area is 125 Å². The number of hydrogen-bond acceptors (Lipinski definition) is 3. The van der Waals surface area contributed by atoms with E-state index in [4.69, 9.17) is 10.5 Å². The van der Waals surface area contributed by atoms with Gasteiger partial charge in [0.2, 0.25) is 5.88 Å². The zero-order valence-corrected chi connectivity index (χ0v) is 13.0. The van der Waals surface area contributed by atoms with Crippen molar-refractivity contribution in [2.45, 2.75) is 45.1 Å². The standard InChI is InChI=1S/C17H23N3O/c1-11(2)16-15(18)17(20(3)19-16)21-14-10-6-8-12-7-4-5-9-13(12)14/h4-5,7,9,11,14H,6,8,10,18H2,1-3H3. The van der Waals surface area contributed by atoms with Gasteiger partial charge in [-0.05, 0) is 36.3 Å². The van der Waals surface area contributed by atoms with E-state index in [2.05, 4.69) is 43.2 Å². The van der Waals surface area contributed by atoms with Crippen molar-refractivity contribution in [2.75, 3.05) is 5.73 Å². The zero-order chi connectivity index (χ0) is 15.0. The molecule has 1 aliphatic rings. The first-order valence-electron chi connectivity index (χ1n) is 7.64. The molecule has 1 unspecified atom stereocenters. The normalized spacial score (nSPS) is 17.8. The molecule has 0 amide bonds. The van der Waals surface area contributed by atoms with Gasteiger partial charge in [0, 0.05) is 7.05 Å². The molecule has 2 N–H and O–H groups in total. The third kappa shape index (κ3) is 2.50. The van der Waals surface area contributed by atoms with Gasteiger partial charge in [0.15, 0.2) is 0 Å². The Morgan fingerprint density at radius 2 is 2.10 bits per heavy atom. The molecule has 0 saturated heterocycles. The van der Waals surface area contributed by atoms with E-state index in [1.165, 1.54) is 11.1 Å². The second-order valence-electron chi connectivity index (χ2n) is 6.08. The van der Waals surface area contributed by atoms with Crippen molar-refractivity contribution < 1.29 is 4.74 Å². The van der Waals surface area contributed by atoms with Crippen LogP contribution in [0.5, 0.6) is 5.88 Å². The first-order chi connectivity index (χ1) is 10.1. The van der Waals surface area contributed by atoms with Gasteiger partial charge in [-0.2, -0.15) is 5.10 Å². The van der Waals surface area contributed by atoms with Crippen molar-refractivity contribution in [3.8, 4) is 5.88 Å². The van der Waals surface area contributed by atoms with Crippen molar-refractivity contribution in [1.29, 1.82) is 0 Å². The summed E-state index contributed by atoms with van der Waals surface area (Å²) < 4.78 is 8.02. The number of ether oxygens (including phenoxy) is 1. The largest absolute Gasteiger partial charge is 0.468 e. The SMILES string of the molecule is CC(C)c1nn(C)c(OC2CCCc3ccccc32)c1N. The highest BCUT2D eigenvalue weighted by atomic mass is 16.5. The Morgan fingerprint density at radius 1 is 1.33 bits per heavy atom. The molecule has 1 atom stereocenters. The minimum atomic E-state index is 0.0765. The predicted molar refractivity (Wildman–Crippen MR) is 84.5 cm³/mol. The first kappa shape index (κ1) is 14.0. The third-order valence-corrected chi connectivity index (χ3v) is 4.17. The number of hydrogen-bond donors (Lipinski definition) is 1. The average molecular weight is 285 g/mol. The quantitative estimate of drug-likeness (QED) is 0.937. The fourth-order valence-corrected chi connectivity index (χ4v) is 3.08. The van der Waals surface area contributed by atoms with Crippen molar-refractivity contribution in [3.05, 3.63) is 41.1 Å². The highest BCUT2D eigenvalue weighted by Crippen LogP contribution is 2.37. The van der Waals surface area contributed by atoms with E-state index in [1.54, 1.807) is 4.68 Å².